The van der Waals surface area contributed by atoms with Gasteiger partial charge in [0.15, 0.2) is 0 Å². The predicted molar refractivity (Wildman–Crippen MR) is 61.5 cm³/mol. The van der Waals surface area contributed by atoms with Gasteiger partial charge in [-0.2, -0.15) is 0 Å². The van der Waals surface area contributed by atoms with E-state index >= 15 is 0 Å². The van der Waals surface area contributed by atoms with E-state index in [0.717, 1.165) is 0 Å². The topological polar surface area (TPSA) is 49.3 Å². The molecule has 14 heavy (non-hydrogen) atoms. The number of rotatable bonds is 6. The number of nitrogens with one attached hydrogen (secondary N) is 1. The highest BCUT2D eigenvalue weighted by Gasteiger charge is 2.18. The van der Waals surface area contributed by atoms with E-state index in [4.69, 9.17) is 0 Å². The van der Waals surface area contributed by atoms with Crippen molar-refractivity contribution in [3.05, 3.63) is 0 Å². The molecule has 0 aliphatic heterocycles. The maximum absolute atomic E-state index is 11.3. The summed E-state index contributed by atoms with van der Waals surface area (Å²) in [6, 6.07) is 0. The van der Waals surface area contributed by atoms with Gasteiger partial charge in [0.2, 0.25) is 5.91 Å². The molecule has 0 aliphatic rings. The molecule has 0 bridgehead atoms. The monoisotopic (exact) mass is 219 g/mol. The average molecular weight is 219 g/mol. The van der Waals surface area contributed by atoms with Crippen LogP contribution in [0.25, 0.3) is 0 Å². The van der Waals surface area contributed by atoms with Crippen molar-refractivity contribution >= 4 is 17.7 Å². The van der Waals surface area contributed by atoms with Gasteiger partial charge in [-0.3, -0.25) is 4.79 Å². The standard InChI is InChI=1S/C10H21NO2S/c1-5-10(4,13)7-11-9(12)6-14-8(2)3/h8,13H,5-7H2,1-4H3,(H,11,12). The summed E-state index contributed by atoms with van der Waals surface area (Å²) in [4.78, 5) is 11.3. The van der Waals surface area contributed by atoms with Gasteiger partial charge in [-0.15, -0.1) is 11.8 Å². The van der Waals surface area contributed by atoms with Crippen LogP contribution in [0.15, 0.2) is 0 Å². The van der Waals surface area contributed by atoms with Crippen LogP contribution in [-0.2, 0) is 4.79 Å². The Morgan fingerprint density at radius 1 is 1.57 bits per heavy atom. The summed E-state index contributed by atoms with van der Waals surface area (Å²) in [7, 11) is 0. The molecule has 0 radical (unpaired) electrons. The van der Waals surface area contributed by atoms with E-state index in [0.29, 0.717) is 24.0 Å². The van der Waals surface area contributed by atoms with Crippen LogP contribution in [-0.4, -0.2) is 34.2 Å². The lowest BCUT2D eigenvalue weighted by Crippen LogP contribution is -2.40. The highest BCUT2D eigenvalue weighted by Crippen LogP contribution is 2.09. The van der Waals surface area contributed by atoms with E-state index in [1.807, 2.05) is 6.92 Å². The van der Waals surface area contributed by atoms with E-state index in [1.54, 1.807) is 18.7 Å². The van der Waals surface area contributed by atoms with Crippen molar-refractivity contribution in [1.82, 2.24) is 5.32 Å². The minimum absolute atomic E-state index is 0.00238. The van der Waals surface area contributed by atoms with E-state index in [-0.39, 0.29) is 5.91 Å². The zero-order valence-electron chi connectivity index (χ0n) is 9.46. The lowest BCUT2D eigenvalue weighted by atomic mass is 10.0. The van der Waals surface area contributed by atoms with Crippen LogP contribution in [0.1, 0.15) is 34.1 Å². The van der Waals surface area contributed by atoms with E-state index in [2.05, 4.69) is 19.2 Å². The smallest absolute Gasteiger partial charge is 0.230 e. The van der Waals surface area contributed by atoms with Gasteiger partial charge < -0.3 is 10.4 Å². The maximum Gasteiger partial charge on any atom is 0.230 e. The first-order valence-electron chi connectivity index (χ1n) is 4.98. The van der Waals surface area contributed by atoms with Gasteiger partial charge in [0.05, 0.1) is 11.4 Å². The van der Waals surface area contributed by atoms with Crippen LogP contribution in [0.5, 0.6) is 0 Å². The van der Waals surface area contributed by atoms with Gasteiger partial charge in [0.1, 0.15) is 0 Å². The molecular weight excluding hydrogens is 198 g/mol. The Bertz CT molecular complexity index is 181. The van der Waals surface area contributed by atoms with Gasteiger partial charge in [-0.1, -0.05) is 20.8 Å². The third kappa shape index (κ3) is 7.21. The van der Waals surface area contributed by atoms with Crippen LogP contribution in [0.3, 0.4) is 0 Å². The zero-order valence-corrected chi connectivity index (χ0v) is 10.3. The van der Waals surface area contributed by atoms with Crippen molar-refractivity contribution < 1.29 is 9.90 Å². The predicted octanol–water partition coefficient (Wildman–Crippen LogP) is 1.41. The summed E-state index contributed by atoms with van der Waals surface area (Å²) in [5, 5.41) is 12.8. The summed E-state index contributed by atoms with van der Waals surface area (Å²) in [6.45, 7) is 8.07. The van der Waals surface area contributed by atoms with Gasteiger partial charge in [-0.05, 0) is 18.6 Å². The molecule has 0 aromatic rings. The van der Waals surface area contributed by atoms with Gasteiger partial charge >= 0.3 is 0 Å². The first-order valence-corrected chi connectivity index (χ1v) is 6.03. The molecule has 0 heterocycles. The Labute approximate surface area is 90.7 Å². The molecule has 0 aromatic carbocycles. The first-order chi connectivity index (χ1) is 6.37. The molecule has 1 unspecified atom stereocenters. The largest absolute Gasteiger partial charge is 0.388 e. The molecule has 1 amide bonds. The fourth-order valence-corrected chi connectivity index (χ4v) is 1.29. The summed E-state index contributed by atoms with van der Waals surface area (Å²) < 4.78 is 0. The minimum atomic E-state index is -0.780. The lowest BCUT2D eigenvalue weighted by Gasteiger charge is -2.21. The van der Waals surface area contributed by atoms with Crippen molar-refractivity contribution in [2.75, 3.05) is 12.3 Å². The van der Waals surface area contributed by atoms with E-state index < -0.39 is 5.60 Å². The van der Waals surface area contributed by atoms with Crippen molar-refractivity contribution in [1.29, 1.82) is 0 Å². The number of carbonyl (C=O) groups is 1. The Morgan fingerprint density at radius 3 is 2.57 bits per heavy atom. The van der Waals surface area contributed by atoms with Crippen LogP contribution < -0.4 is 5.32 Å². The SMILES string of the molecule is CCC(C)(O)CNC(=O)CSC(C)C. The Kier molecular flexibility index (Phi) is 6.20. The van der Waals surface area contributed by atoms with Crippen molar-refractivity contribution in [3.63, 3.8) is 0 Å². The van der Waals surface area contributed by atoms with Gasteiger partial charge in [-0.25, -0.2) is 0 Å². The van der Waals surface area contributed by atoms with E-state index in [9.17, 15) is 9.90 Å². The Balaban J connectivity index is 3.64. The normalized spacial score (nSPS) is 15.3. The van der Waals surface area contributed by atoms with Crippen LogP contribution in [0.4, 0.5) is 0 Å². The molecule has 0 spiro atoms. The maximum atomic E-state index is 11.3. The summed E-state index contributed by atoms with van der Waals surface area (Å²) in [6.07, 6.45) is 0.643. The average Bonchev–Trinajstić information content (AvgIpc) is 2.11. The highest BCUT2D eigenvalue weighted by molar-refractivity contribution is 8.00. The second kappa shape index (κ2) is 6.30. The Hall–Kier alpha value is -0.220. The van der Waals surface area contributed by atoms with Crippen molar-refractivity contribution in [2.45, 2.75) is 45.0 Å². The quantitative estimate of drug-likeness (QED) is 0.710. The first kappa shape index (κ1) is 13.8. The molecule has 0 rings (SSSR count). The van der Waals surface area contributed by atoms with Crippen LogP contribution >= 0.6 is 11.8 Å². The van der Waals surface area contributed by atoms with Gasteiger partial charge in [0, 0.05) is 6.54 Å². The Morgan fingerprint density at radius 2 is 2.14 bits per heavy atom. The minimum Gasteiger partial charge on any atom is -0.388 e. The molecule has 0 fully saturated rings. The number of thioether (sulfide) groups is 1. The summed E-state index contributed by atoms with van der Waals surface area (Å²) in [5.41, 5.74) is -0.780. The number of hydrogen-bond donors (Lipinski definition) is 2. The molecule has 3 nitrogen and oxygen atoms in total. The molecule has 0 saturated carbocycles. The summed E-state index contributed by atoms with van der Waals surface area (Å²) >= 11 is 1.60. The third-order valence-corrected chi connectivity index (χ3v) is 3.07. The molecule has 4 heteroatoms. The zero-order chi connectivity index (χ0) is 11.2. The fourth-order valence-electron chi connectivity index (χ4n) is 0.707. The molecule has 0 saturated heterocycles. The van der Waals surface area contributed by atoms with Crippen LogP contribution in [0.2, 0.25) is 0 Å². The van der Waals surface area contributed by atoms with Crippen molar-refractivity contribution in [3.8, 4) is 0 Å². The van der Waals surface area contributed by atoms with Crippen LogP contribution in [0, 0.1) is 0 Å². The molecule has 2 N–H and O–H groups in total. The number of hydrogen-bond acceptors (Lipinski definition) is 3. The lowest BCUT2D eigenvalue weighted by molar-refractivity contribution is -0.119. The summed E-state index contributed by atoms with van der Waals surface area (Å²) in [5.74, 6) is 0.467. The molecule has 0 aliphatic carbocycles. The molecule has 0 aromatic heterocycles. The van der Waals surface area contributed by atoms with Gasteiger partial charge in [0.25, 0.3) is 0 Å². The number of aliphatic hydroxyl groups is 1. The fraction of sp³-hybridized carbons (Fsp3) is 0.900. The molecule has 1 atom stereocenters. The molecular formula is C10H21NO2S. The van der Waals surface area contributed by atoms with E-state index in [1.165, 1.54) is 0 Å². The number of carbonyl (C=O) groups excluding carboxylic acids is 1. The second-order valence-corrected chi connectivity index (χ2v) is 5.55. The second-order valence-electron chi connectivity index (χ2n) is 3.99. The highest BCUT2D eigenvalue weighted by atomic mass is 32.2. The van der Waals surface area contributed by atoms with Crippen molar-refractivity contribution in [2.24, 2.45) is 0 Å². The molecule has 84 valence electrons. The number of amides is 1. The third-order valence-electron chi connectivity index (χ3n) is 1.98.